The Morgan fingerprint density at radius 3 is 2.67 bits per heavy atom. The molecular weight excluding hydrogens is 200 g/mol. The fourth-order valence-corrected chi connectivity index (χ4v) is 1.59. The maximum absolute atomic E-state index is 13.4. The topological polar surface area (TPSA) is 21.3 Å². The minimum absolute atomic E-state index is 0.162. The van der Waals surface area contributed by atoms with Crippen molar-refractivity contribution >= 4 is 0 Å². The van der Waals surface area contributed by atoms with Crippen molar-refractivity contribution in [3.05, 3.63) is 30.3 Å². The Balaban J connectivity index is 2.05. The van der Waals surface area contributed by atoms with E-state index in [1.807, 2.05) is 6.07 Å². The van der Waals surface area contributed by atoms with E-state index in [-0.39, 0.29) is 13.0 Å². The molecule has 2 rings (SSSR count). The summed E-state index contributed by atoms with van der Waals surface area (Å²) in [6, 6.07) is 8.73. The maximum Gasteiger partial charge on any atom is 0.286 e. The molecule has 4 heteroatoms. The van der Waals surface area contributed by atoms with E-state index in [0.717, 1.165) is 0 Å². The van der Waals surface area contributed by atoms with Crippen LogP contribution in [-0.4, -0.2) is 25.1 Å². The van der Waals surface area contributed by atoms with Gasteiger partial charge in [0.2, 0.25) is 0 Å². The van der Waals surface area contributed by atoms with Gasteiger partial charge in [0.15, 0.2) is 6.10 Å². The molecule has 0 radical (unpaired) electrons. The summed E-state index contributed by atoms with van der Waals surface area (Å²) >= 11 is 0. The summed E-state index contributed by atoms with van der Waals surface area (Å²) in [6.45, 7) is 0.545. The first-order chi connectivity index (χ1) is 7.18. The Bertz CT molecular complexity index is 316. The van der Waals surface area contributed by atoms with Gasteiger partial charge in [-0.1, -0.05) is 18.2 Å². The smallest absolute Gasteiger partial charge is 0.286 e. The monoisotopic (exact) mass is 213 g/mol. The number of hydrogen-bond donors (Lipinski definition) is 1. The van der Waals surface area contributed by atoms with E-state index in [0.29, 0.717) is 12.3 Å². The molecule has 15 heavy (non-hydrogen) atoms. The van der Waals surface area contributed by atoms with Crippen LogP contribution in [0.5, 0.6) is 5.75 Å². The second-order valence-electron chi connectivity index (χ2n) is 3.63. The molecular formula is C11H13F2NO. The van der Waals surface area contributed by atoms with Crippen molar-refractivity contribution < 1.29 is 13.5 Å². The molecule has 1 saturated heterocycles. The summed E-state index contributed by atoms with van der Waals surface area (Å²) in [5.74, 6) is -2.24. The lowest BCUT2D eigenvalue weighted by Gasteiger charge is -2.31. The molecule has 0 aliphatic carbocycles. The maximum atomic E-state index is 13.4. The van der Waals surface area contributed by atoms with Crippen LogP contribution in [0.25, 0.3) is 0 Å². The highest BCUT2D eigenvalue weighted by Crippen LogP contribution is 2.28. The first-order valence-corrected chi connectivity index (χ1v) is 4.99. The molecule has 1 atom stereocenters. The molecule has 1 aromatic carbocycles. The van der Waals surface area contributed by atoms with Crippen LogP contribution in [0.3, 0.4) is 0 Å². The van der Waals surface area contributed by atoms with Crippen LogP contribution in [0.4, 0.5) is 8.78 Å². The highest BCUT2D eigenvalue weighted by molar-refractivity contribution is 5.21. The van der Waals surface area contributed by atoms with Crippen LogP contribution in [-0.2, 0) is 0 Å². The average molecular weight is 213 g/mol. The van der Waals surface area contributed by atoms with Gasteiger partial charge in [-0.05, 0) is 12.1 Å². The molecule has 0 bridgehead atoms. The lowest BCUT2D eigenvalue weighted by atomic mass is 10.1. The Morgan fingerprint density at radius 1 is 1.27 bits per heavy atom. The number of alkyl halides is 2. The number of rotatable bonds is 2. The highest BCUT2D eigenvalue weighted by Gasteiger charge is 2.43. The number of ether oxygens (including phenoxy) is 1. The molecule has 1 aliphatic heterocycles. The van der Waals surface area contributed by atoms with Gasteiger partial charge < -0.3 is 10.1 Å². The van der Waals surface area contributed by atoms with Crippen LogP contribution >= 0.6 is 0 Å². The molecule has 0 aromatic heterocycles. The molecule has 0 amide bonds. The number of halogens is 2. The van der Waals surface area contributed by atoms with Crippen LogP contribution in [0.1, 0.15) is 6.42 Å². The molecule has 82 valence electrons. The average Bonchev–Trinajstić information content (AvgIpc) is 2.23. The molecule has 1 aliphatic rings. The molecule has 2 nitrogen and oxygen atoms in total. The lowest BCUT2D eigenvalue weighted by molar-refractivity contribution is -0.112. The first-order valence-electron chi connectivity index (χ1n) is 4.99. The van der Waals surface area contributed by atoms with Gasteiger partial charge in [0.1, 0.15) is 5.75 Å². The van der Waals surface area contributed by atoms with Gasteiger partial charge in [-0.2, -0.15) is 0 Å². The van der Waals surface area contributed by atoms with Gasteiger partial charge in [-0.15, -0.1) is 0 Å². The number of para-hydroxylation sites is 1. The summed E-state index contributed by atoms with van der Waals surface area (Å²) in [5, 5.41) is 2.91. The zero-order valence-corrected chi connectivity index (χ0v) is 8.25. The molecule has 1 heterocycles. The summed E-state index contributed by atoms with van der Waals surface area (Å²) in [7, 11) is 0. The summed E-state index contributed by atoms with van der Waals surface area (Å²) in [5.41, 5.74) is 0. The normalized spacial score (nSPS) is 24.8. The Labute approximate surface area is 87.2 Å². The van der Waals surface area contributed by atoms with Gasteiger partial charge in [-0.3, -0.25) is 0 Å². The van der Waals surface area contributed by atoms with Gasteiger partial charge in [0.25, 0.3) is 5.92 Å². The minimum Gasteiger partial charge on any atom is -0.483 e. The number of piperidine rings is 1. The van der Waals surface area contributed by atoms with Crippen molar-refractivity contribution in [3.8, 4) is 5.75 Å². The van der Waals surface area contributed by atoms with E-state index < -0.39 is 12.0 Å². The summed E-state index contributed by atoms with van der Waals surface area (Å²) < 4.78 is 32.0. The van der Waals surface area contributed by atoms with E-state index in [2.05, 4.69) is 5.32 Å². The predicted molar refractivity (Wildman–Crippen MR) is 53.3 cm³/mol. The molecule has 1 aromatic rings. The van der Waals surface area contributed by atoms with Gasteiger partial charge in [0, 0.05) is 19.5 Å². The number of nitrogens with one attached hydrogen (secondary N) is 1. The van der Waals surface area contributed by atoms with Gasteiger partial charge in [0.05, 0.1) is 0 Å². The van der Waals surface area contributed by atoms with Crippen molar-refractivity contribution in [2.45, 2.75) is 18.4 Å². The van der Waals surface area contributed by atoms with E-state index in [4.69, 9.17) is 4.74 Å². The van der Waals surface area contributed by atoms with Gasteiger partial charge in [-0.25, -0.2) is 8.78 Å². The van der Waals surface area contributed by atoms with E-state index in [1.54, 1.807) is 24.3 Å². The van der Waals surface area contributed by atoms with Crippen molar-refractivity contribution in [2.75, 3.05) is 13.1 Å². The second kappa shape index (κ2) is 4.14. The fraction of sp³-hybridized carbons (Fsp3) is 0.455. The Morgan fingerprint density at radius 2 is 2.00 bits per heavy atom. The molecule has 0 spiro atoms. The SMILES string of the molecule is FC1(F)CCNC[C@@H]1Oc1ccccc1. The van der Waals surface area contributed by atoms with Crippen molar-refractivity contribution in [1.29, 1.82) is 0 Å². The molecule has 1 N–H and O–H groups in total. The Hall–Kier alpha value is -1.16. The van der Waals surface area contributed by atoms with Crippen LogP contribution in [0, 0.1) is 0 Å². The third kappa shape index (κ3) is 2.45. The number of benzene rings is 1. The highest BCUT2D eigenvalue weighted by atomic mass is 19.3. The summed E-state index contributed by atoms with van der Waals surface area (Å²) in [6.07, 6.45) is -1.22. The minimum atomic E-state index is -2.74. The van der Waals surface area contributed by atoms with Crippen molar-refractivity contribution in [1.82, 2.24) is 5.32 Å². The van der Waals surface area contributed by atoms with Crippen LogP contribution in [0.15, 0.2) is 30.3 Å². The predicted octanol–water partition coefficient (Wildman–Crippen LogP) is 2.06. The quantitative estimate of drug-likeness (QED) is 0.812. The van der Waals surface area contributed by atoms with Crippen LogP contribution < -0.4 is 10.1 Å². The third-order valence-electron chi connectivity index (χ3n) is 2.46. The zero-order valence-electron chi connectivity index (χ0n) is 8.25. The van der Waals surface area contributed by atoms with E-state index in [9.17, 15) is 8.78 Å². The third-order valence-corrected chi connectivity index (χ3v) is 2.46. The van der Waals surface area contributed by atoms with E-state index >= 15 is 0 Å². The molecule has 0 unspecified atom stereocenters. The largest absolute Gasteiger partial charge is 0.483 e. The number of hydrogen-bond acceptors (Lipinski definition) is 2. The second-order valence-corrected chi connectivity index (χ2v) is 3.63. The van der Waals surface area contributed by atoms with Crippen molar-refractivity contribution in [2.24, 2.45) is 0 Å². The zero-order chi connectivity index (χ0) is 10.7. The van der Waals surface area contributed by atoms with Crippen LogP contribution in [0.2, 0.25) is 0 Å². The molecule has 1 fully saturated rings. The standard InChI is InChI=1S/C11H13F2NO/c12-11(13)6-7-14-8-10(11)15-9-4-2-1-3-5-9/h1-5,10,14H,6-8H2/t10-/m0/s1. The summed E-state index contributed by atoms with van der Waals surface area (Å²) in [4.78, 5) is 0. The molecule has 0 saturated carbocycles. The lowest BCUT2D eigenvalue weighted by Crippen LogP contribution is -2.51. The first kappa shape index (κ1) is 10.4. The van der Waals surface area contributed by atoms with E-state index in [1.165, 1.54) is 0 Å². The van der Waals surface area contributed by atoms with Crippen molar-refractivity contribution in [3.63, 3.8) is 0 Å². The van der Waals surface area contributed by atoms with Gasteiger partial charge >= 0.3 is 0 Å². The fourth-order valence-electron chi connectivity index (χ4n) is 1.59. The Kier molecular flexibility index (Phi) is 2.86.